The van der Waals surface area contributed by atoms with Gasteiger partial charge in [-0.05, 0) is 42.5 Å². The lowest BCUT2D eigenvalue weighted by atomic mass is 10.0. The van der Waals surface area contributed by atoms with Crippen molar-refractivity contribution in [2.45, 2.75) is 0 Å². The van der Waals surface area contributed by atoms with Crippen LogP contribution < -0.4 is 0 Å². The molecule has 0 bridgehead atoms. The van der Waals surface area contributed by atoms with Crippen LogP contribution in [-0.2, 0) is 10.3 Å². The quantitative estimate of drug-likeness (QED) is 0.201. The van der Waals surface area contributed by atoms with E-state index in [1.165, 1.54) is 18.2 Å². The predicted molar refractivity (Wildman–Crippen MR) is 128 cm³/mol. The molecule has 0 aliphatic rings. The molecule has 2 aromatic carbocycles. The number of carboxylic acids is 1. The zero-order valence-electron chi connectivity index (χ0n) is 16.2. The predicted octanol–water partition coefficient (Wildman–Crippen LogP) is 4.78. The summed E-state index contributed by atoms with van der Waals surface area (Å²) in [6, 6.07) is 11.3. The normalized spacial score (nSPS) is 12.1. The molecule has 0 atom stereocenters. The zero-order valence-corrected chi connectivity index (χ0v) is 20.2. The summed E-state index contributed by atoms with van der Waals surface area (Å²) >= 11 is 6.68. The Kier molecular flexibility index (Phi) is 4.94. The number of aromatic amines is 1. The van der Waals surface area contributed by atoms with E-state index in [9.17, 15) is 27.7 Å². The number of hydrogen-bond acceptors (Lipinski definition) is 5. The molecule has 3 N–H and O–H groups in total. The number of nitrogens with zero attached hydrogens (tertiary/aromatic N) is 2. The summed E-state index contributed by atoms with van der Waals surface area (Å²) in [5, 5.41) is 11.0. The molecule has 12 heteroatoms. The van der Waals surface area contributed by atoms with E-state index in [1.807, 2.05) is 0 Å². The summed E-state index contributed by atoms with van der Waals surface area (Å²) in [6.07, 6.45) is 0.995. The number of hydrogen-bond donors (Lipinski definition) is 3. The highest BCUT2D eigenvalue weighted by Crippen LogP contribution is 2.33. The monoisotopic (exact) mass is 591 g/mol. The number of benzene rings is 2. The molecule has 5 rings (SSSR count). The molecule has 5 aromatic rings. The molecule has 0 radical (unpaired) electrons. The summed E-state index contributed by atoms with van der Waals surface area (Å²) < 4.78 is 35.4. The van der Waals surface area contributed by atoms with Gasteiger partial charge >= 0.3 is 16.3 Å². The van der Waals surface area contributed by atoms with Crippen molar-refractivity contribution in [3.63, 3.8) is 0 Å². The molecule has 166 valence electrons. The van der Waals surface area contributed by atoms with Crippen LogP contribution in [0.3, 0.4) is 0 Å². The van der Waals surface area contributed by atoms with Gasteiger partial charge in [0, 0.05) is 36.8 Å². The maximum absolute atomic E-state index is 13.7. The van der Waals surface area contributed by atoms with Crippen LogP contribution in [-0.4, -0.2) is 43.8 Å². The number of aromatic nitrogens is 3. The van der Waals surface area contributed by atoms with E-state index in [4.69, 9.17) is 0 Å². The maximum Gasteiger partial charge on any atom is 0.363 e. The summed E-state index contributed by atoms with van der Waals surface area (Å²) in [5.41, 5.74) is 0.448. The fourth-order valence-electron chi connectivity index (χ4n) is 3.81. The van der Waals surface area contributed by atoms with E-state index in [0.717, 1.165) is 10.7 Å². The minimum Gasteiger partial charge on any atom is -0.477 e. The van der Waals surface area contributed by atoms with Crippen molar-refractivity contribution in [2.75, 3.05) is 0 Å². The van der Waals surface area contributed by atoms with E-state index < -0.39 is 22.1 Å². The molecule has 0 saturated heterocycles. The first-order valence-corrected chi connectivity index (χ1v) is 12.2. The number of rotatable bonds is 4. The van der Waals surface area contributed by atoms with Crippen LogP contribution in [0, 0.1) is 0 Å². The Balaban J connectivity index is 1.86. The van der Waals surface area contributed by atoms with Gasteiger partial charge in [0.2, 0.25) is 5.78 Å². The van der Waals surface area contributed by atoms with Crippen molar-refractivity contribution in [2.24, 2.45) is 0 Å². The van der Waals surface area contributed by atoms with Crippen LogP contribution >= 0.6 is 31.9 Å². The third kappa shape index (κ3) is 3.55. The Morgan fingerprint density at radius 2 is 1.64 bits per heavy atom. The van der Waals surface area contributed by atoms with Gasteiger partial charge in [-0.2, -0.15) is 8.42 Å². The fraction of sp³-hybridized carbons (Fsp3) is 0. The van der Waals surface area contributed by atoms with Gasteiger partial charge in [0.1, 0.15) is 11.4 Å². The standard InChI is InChI=1S/C21H11Br2N3O6S/c22-9-1-3-15-11(5-9)13-7-16(21(28)29)25-19(18(13)24-15)20(27)14-8-26(33(30,31)32)17-4-2-10(23)6-12(14)17/h1-8,24H,(H,28,29)(H,30,31,32). The minimum atomic E-state index is -4.70. The number of aromatic carboxylic acids is 1. The number of pyridine rings is 1. The van der Waals surface area contributed by atoms with Crippen molar-refractivity contribution in [3.05, 3.63) is 74.6 Å². The van der Waals surface area contributed by atoms with E-state index in [-0.39, 0.29) is 27.9 Å². The van der Waals surface area contributed by atoms with Crippen LogP contribution in [0.15, 0.2) is 57.6 Å². The number of carboxylic acid groups (broad SMARTS) is 1. The molecule has 0 fully saturated rings. The van der Waals surface area contributed by atoms with Gasteiger partial charge < -0.3 is 10.1 Å². The maximum atomic E-state index is 13.7. The number of fused-ring (bicyclic) bond motifs is 4. The molecule has 0 unspecified atom stereocenters. The number of ketones is 1. The van der Waals surface area contributed by atoms with E-state index >= 15 is 0 Å². The molecule has 0 spiro atoms. The van der Waals surface area contributed by atoms with Gasteiger partial charge in [0.25, 0.3) is 0 Å². The molecule has 3 aromatic heterocycles. The highest BCUT2D eigenvalue weighted by Gasteiger charge is 2.26. The summed E-state index contributed by atoms with van der Waals surface area (Å²) in [4.78, 5) is 32.6. The third-order valence-corrected chi connectivity index (χ3v) is 7.00. The van der Waals surface area contributed by atoms with Crippen molar-refractivity contribution in [3.8, 4) is 0 Å². The minimum absolute atomic E-state index is 0.0694. The molecule has 33 heavy (non-hydrogen) atoms. The number of halogens is 2. The molecule has 0 aliphatic carbocycles. The van der Waals surface area contributed by atoms with E-state index in [2.05, 4.69) is 41.8 Å². The van der Waals surface area contributed by atoms with Crippen LogP contribution in [0.1, 0.15) is 26.5 Å². The second-order valence-electron chi connectivity index (χ2n) is 7.21. The van der Waals surface area contributed by atoms with Crippen molar-refractivity contribution in [1.29, 1.82) is 0 Å². The van der Waals surface area contributed by atoms with Gasteiger partial charge in [0.05, 0.1) is 16.6 Å². The van der Waals surface area contributed by atoms with Crippen LogP contribution in [0.25, 0.3) is 32.7 Å². The summed E-state index contributed by atoms with van der Waals surface area (Å²) in [6.45, 7) is 0. The Morgan fingerprint density at radius 1 is 0.970 bits per heavy atom. The summed E-state index contributed by atoms with van der Waals surface area (Å²) in [5.74, 6) is -2.03. The Morgan fingerprint density at radius 3 is 2.30 bits per heavy atom. The van der Waals surface area contributed by atoms with Crippen LogP contribution in [0.4, 0.5) is 0 Å². The number of H-pyrrole nitrogens is 1. The van der Waals surface area contributed by atoms with Gasteiger partial charge in [-0.15, -0.1) is 0 Å². The Bertz CT molecular complexity index is 1770. The lowest BCUT2D eigenvalue weighted by molar-refractivity contribution is 0.0690. The molecular formula is C21H11Br2N3O6S. The smallest absolute Gasteiger partial charge is 0.363 e. The number of nitrogens with one attached hydrogen (secondary N) is 1. The summed E-state index contributed by atoms with van der Waals surface area (Å²) in [7, 11) is -4.70. The Hall–Kier alpha value is -3.06. The second kappa shape index (κ2) is 7.48. The molecule has 0 saturated carbocycles. The van der Waals surface area contributed by atoms with Crippen molar-refractivity contribution < 1.29 is 27.7 Å². The largest absolute Gasteiger partial charge is 0.477 e. The van der Waals surface area contributed by atoms with Crippen LogP contribution in [0.5, 0.6) is 0 Å². The van der Waals surface area contributed by atoms with Gasteiger partial charge in [-0.1, -0.05) is 31.9 Å². The van der Waals surface area contributed by atoms with Crippen molar-refractivity contribution in [1.82, 2.24) is 13.9 Å². The van der Waals surface area contributed by atoms with E-state index in [0.29, 0.717) is 30.3 Å². The third-order valence-electron chi connectivity index (χ3n) is 5.21. The first-order chi connectivity index (χ1) is 15.5. The topological polar surface area (TPSA) is 142 Å². The first kappa shape index (κ1) is 21.8. The first-order valence-electron chi connectivity index (χ1n) is 9.23. The second-order valence-corrected chi connectivity index (χ2v) is 10.3. The van der Waals surface area contributed by atoms with E-state index in [1.54, 1.807) is 24.3 Å². The van der Waals surface area contributed by atoms with Crippen molar-refractivity contribution >= 4 is 86.6 Å². The molecule has 9 nitrogen and oxygen atoms in total. The van der Waals surface area contributed by atoms with Gasteiger partial charge in [0.15, 0.2) is 0 Å². The highest BCUT2D eigenvalue weighted by molar-refractivity contribution is 9.10. The fourth-order valence-corrected chi connectivity index (χ4v) is 5.18. The molecular weight excluding hydrogens is 582 g/mol. The Labute approximate surface area is 202 Å². The average Bonchev–Trinajstić information content (AvgIpc) is 3.30. The van der Waals surface area contributed by atoms with Gasteiger partial charge in [-0.3, -0.25) is 9.35 Å². The molecule has 3 heterocycles. The lowest BCUT2D eigenvalue weighted by Crippen LogP contribution is -2.11. The zero-order chi connectivity index (χ0) is 23.7. The average molecular weight is 593 g/mol. The van der Waals surface area contributed by atoms with Crippen LogP contribution in [0.2, 0.25) is 0 Å². The number of carbonyl (C=O) groups is 2. The SMILES string of the molecule is O=C(O)c1cc2c([nH]c3ccc(Br)cc32)c(C(=O)c2cn(S(=O)(=O)O)c3ccc(Br)cc23)n1. The molecule has 0 aliphatic heterocycles. The molecule has 0 amide bonds. The highest BCUT2D eigenvalue weighted by atomic mass is 79.9. The lowest BCUT2D eigenvalue weighted by Gasteiger charge is -2.04. The van der Waals surface area contributed by atoms with Gasteiger partial charge in [-0.25, -0.2) is 13.8 Å². The number of carbonyl (C=O) groups excluding carboxylic acids is 1.